The van der Waals surface area contributed by atoms with Crippen LogP contribution in [0.15, 0.2) is 0 Å². The Labute approximate surface area is 91.6 Å². The molecule has 15 heavy (non-hydrogen) atoms. The molecule has 1 aliphatic heterocycles. The van der Waals surface area contributed by atoms with Gasteiger partial charge >= 0.3 is 6.03 Å². The second-order valence-corrected chi connectivity index (χ2v) is 5.17. The third-order valence-electron chi connectivity index (χ3n) is 2.78. The van der Waals surface area contributed by atoms with Gasteiger partial charge in [-0.05, 0) is 32.6 Å². The molecule has 0 spiro atoms. The molecular formula is C11H22N2O2. The Morgan fingerprint density at radius 1 is 1.60 bits per heavy atom. The average molecular weight is 214 g/mol. The van der Waals surface area contributed by atoms with Crippen LogP contribution in [0, 0.1) is 5.92 Å². The van der Waals surface area contributed by atoms with Gasteiger partial charge in [-0.25, -0.2) is 4.79 Å². The van der Waals surface area contributed by atoms with Crippen molar-refractivity contribution >= 4 is 6.03 Å². The van der Waals surface area contributed by atoms with Crippen molar-refractivity contribution in [3.8, 4) is 0 Å². The molecule has 88 valence electrons. The summed E-state index contributed by atoms with van der Waals surface area (Å²) >= 11 is 0. The molecule has 4 heteroatoms. The summed E-state index contributed by atoms with van der Waals surface area (Å²) in [6, 6.07) is -0.0550. The fourth-order valence-electron chi connectivity index (χ4n) is 1.78. The van der Waals surface area contributed by atoms with Gasteiger partial charge in [0.2, 0.25) is 0 Å². The first kappa shape index (κ1) is 12.3. The number of rotatable bonds is 2. The normalized spacial score (nSPS) is 22.7. The van der Waals surface area contributed by atoms with E-state index in [0.29, 0.717) is 5.92 Å². The smallest absolute Gasteiger partial charge is 0.317 e. The molecule has 1 rings (SSSR count). The standard InChI is InChI=1S/C11H22N2O2/c1-9-5-4-6-13(7-9)10(15)12-11(2,3)8-14/h9,14H,4-8H2,1-3H3,(H,12,15). The lowest BCUT2D eigenvalue weighted by Crippen LogP contribution is -2.53. The van der Waals surface area contributed by atoms with E-state index < -0.39 is 5.54 Å². The minimum atomic E-state index is -0.530. The Kier molecular flexibility index (Phi) is 3.97. The zero-order valence-corrected chi connectivity index (χ0v) is 9.92. The van der Waals surface area contributed by atoms with Crippen LogP contribution in [-0.4, -0.2) is 41.3 Å². The van der Waals surface area contributed by atoms with Crippen LogP contribution in [0.5, 0.6) is 0 Å². The van der Waals surface area contributed by atoms with E-state index in [0.717, 1.165) is 19.5 Å². The Hall–Kier alpha value is -0.770. The highest BCUT2D eigenvalue weighted by molar-refractivity contribution is 5.75. The summed E-state index contributed by atoms with van der Waals surface area (Å²) in [6.45, 7) is 7.42. The zero-order valence-electron chi connectivity index (χ0n) is 9.92. The fraction of sp³-hybridized carbons (Fsp3) is 0.909. The molecule has 4 nitrogen and oxygen atoms in total. The third-order valence-corrected chi connectivity index (χ3v) is 2.78. The van der Waals surface area contributed by atoms with Crippen LogP contribution >= 0.6 is 0 Å². The molecule has 0 radical (unpaired) electrons. The number of amides is 2. The molecule has 2 amide bonds. The fourth-order valence-corrected chi connectivity index (χ4v) is 1.78. The number of urea groups is 1. The van der Waals surface area contributed by atoms with Gasteiger partial charge in [0.15, 0.2) is 0 Å². The Morgan fingerprint density at radius 3 is 2.80 bits per heavy atom. The largest absolute Gasteiger partial charge is 0.394 e. The van der Waals surface area contributed by atoms with Gasteiger partial charge in [-0.3, -0.25) is 0 Å². The second kappa shape index (κ2) is 4.84. The van der Waals surface area contributed by atoms with E-state index in [1.54, 1.807) is 0 Å². The van der Waals surface area contributed by atoms with E-state index in [1.807, 2.05) is 18.7 Å². The van der Waals surface area contributed by atoms with E-state index in [9.17, 15) is 4.79 Å². The van der Waals surface area contributed by atoms with Crippen LogP contribution < -0.4 is 5.32 Å². The number of carbonyl (C=O) groups excluding carboxylic acids is 1. The topological polar surface area (TPSA) is 52.6 Å². The van der Waals surface area contributed by atoms with Crippen LogP contribution in [0.25, 0.3) is 0 Å². The van der Waals surface area contributed by atoms with Crippen molar-refractivity contribution < 1.29 is 9.90 Å². The molecule has 1 saturated heterocycles. The van der Waals surface area contributed by atoms with Crippen molar-refractivity contribution in [2.24, 2.45) is 5.92 Å². The maximum absolute atomic E-state index is 11.8. The molecule has 0 bridgehead atoms. The summed E-state index contributed by atoms with van der Waals surface area (Å²) in [5, 5.41) is 11.9. The van der Waals surface area contributed by atoms with Gasteiger partial charge in [0.25, 0.3) is 0 Å². The first-order valence-electron chi connectivity index (χ1n) is 5.62. The molecule has 1 atom stereocenters. The van der Waals surface area contributed by atoms with Crippen molar-refractivity contribution in [2.75, 3.05) is 19.7 Å². The van der Waals surface area contributed by atoms with Crippen LogP contribution in [0.3, 0.4) is 0 Å². The molecule has 0 aromatic carbocycles. The third kappa shape index (κ3) is 3.70. The predicted octanol–water partition coefficient (Wildman–Crippen LogP) is 1.20. The molecule has 0 aliphatic carbocycles. The number of nitrogens with zero attached hydrogens (tertiary/aromatic N) is 1. The Morgan fingerprint density at radius 2 is 2.27 bits per heavy atom. The summed E-state index contributed by atoms with van der Waals surface area (Å²) < 4.78 is 0. The van der Waals surface area contributed by atoms with Crippen molar-refractivity contribution in [2.45, 2.75) is 39.2 Å². The number of piperidine rings is 1. The maximum Gasteiger partial charge on any atom is 0.317 e. The van der Waals surface area contributed by atoms with Crippen molar-refractivity contribution in [1.82, 2.24) is 10.2 Å². The van der Waals surface area contributed by atoms with E-state index in [1.165, 1.54) is 6.42 Å². The molecule has 2 N–H and O–H groups in total. The lowest BCUT2D eigenvalue weighted by Gasteiger charge is -2.34. The minimum absolute atomic E-state index is 0.0396. The monoisotopic (exact) mass is 214 g/mol. The van der Waals surface area contributed by atoms with Crippen LogP contribution in [0.2, 0.25) is 0 Å². The summed E-state index contributed by atoms with van der Waals surface area (Å²) in [5.41, 5.74) is -0.530. The lowest BCUT2D eigenvalue weighted by molar-refractivity contribution is 0.143. The predicted molar refractivity (Wildman–Crippen MR) is 59.7 cm³/mol. The highest BCUT2D eigenvalue weighted by Gasteiger charge is 2.25. The number of aliphatic hydroxyl groups is 1. The Balaban J connectivity index is 2.46. The van der Waals surface area contributed by atoms with Gasteiger partial charge in [-0.15, -0.1) is 0 Å². The summed E-state index contributed by atoms with van der Waals surface area (Å²) in [6.07, 6.45) is 2.28. The summed E-state index contributed by atoms with van der Waals surface area (Å²) in [7, 11) is 0. The van der Waals surface area contributed by atoms with E-state index >= 15 is 0 Å². The highest BCUT2D eigenvalue weighted by Crippen LogP contribution is 2.15. The van der Waals surface area contributed by atoms with E-state index in [4.69, 9.17) is 5.11 Å². The zero-order chi connectivity index (χ0) is 11.5. The first-order chi connectivity index (χ1) is 6.94. The van der Waals surface area contributed by atoms with Crippen molar-refractivity contribution in [1.29, 1.82) is 0 Å². The van der Waals surface area contributed by atoms with Gasteiger partial charge in [0.1, 0.15) is 0 Å². The van der Waals surface area contributed by atoms with Crippen LogP contribution in [0.4, 0.5) is 4.79 Å². The quantitative estimate of drug-likeness (QED) is 0.725. The minimum Gasteiger partial charge on any atom is -0.394 e. The van der Waals surface area contributed by atoms with Gasteiger partial charge in [-0.2, -0.15) is 0 Å². The number of carbonyl (C=O) groups is 1. The summed E-state index contributed by atoms with van der Waals surface area (Å²) in [4.78, 5) is 13.7. The van der Waals surface area contributed by atoms with Crippen molar-refractivity contribution in [3.63, 3.8) is 0 Å². The highest BCUT2D eigenvalue weighted by atomic mass is 16.3. The molecule has 1 heterocycles. The first-order valence-corrected chi connectivity index (χ1v) is 5.62. The molecule has 0 saturated carbocycles. The van der Waals surface area contributed by atoms with Gasteiger partial charge in [-0.1, -0.05) is 6.92 Å². The second-order valence-electron chi connectivity index (χ2n) is 5.17. The number of nitrogens with one attached hydrogen (secondary N) is 1. The molecular weight excluding hydrogens is 192 g/mol. The maximum atomic E-state index is 11.8. The Bertz CT molecular complexity index is 229. The van der Waals surface area contributed by atoms with Crippen molar-refractivity contribution in [3.05, 3.63) is 0 Å². The molecule has 1 unspecified atom stereocenters. The average Bonchev–Trinajstić information content (AvgIpc) is 2.17. The van der Waals surface area contributed by atoms with E-state index in [-0.39, 0.29) is 12.6 Å². The van der Waals surface area contributed by atoms with E-state index in [2.05, 4.69) is 12.2 Å². The molecule has 1 fully saturated rings. The number of likely N-dealkylation sites (tertiary alicyclic amines) is 1. The van der Waals surface area contributed by atoms with Gasteiger partial charge in [0.05, 0.1) is 12.1 Å². The molecule has 1 aliphatic rings. The summed E-state index contributed by atoms with van der Waals surface area (Å²) in [5.74, 6) is 0.585. The molecule has 0 aromatic heterocycles. The number of aliphatic hydroxyl groups excluding tert-OH is 1. The number of hydrogen-bond acceptors (Lipinski definition) is 2. The van der Waals surface area contributed by atoms with Gasteiger partial charge in [0, 0.05) is 13.1 Å². The SMILES string of the molecule is CC1CCCN(C(=O)NC(C)(C)CO)C1. The number of hydrogen-bond donors (Lipinski definition) is 2. The lowest BCUT2D eigenvalue weighted by atomic mass is 10.0. The van der Waals surface area contributed by atoms with Gasteiger partial charge < -0.3 is 15.3 Å². The van der Waals surface area contributed by atoms with Crippen LogP contribution in [-0.2, 0) is 0 Å². The van der Waals surface area contributed by atoms with Crippen LogP contribution in [0.1, 0.15) is 33.6 Å². The molecule has 0 aromatic rings.